The minimum absolute atomic E-state index is 0.0218. The average molecular weight is 281 g/mol. The van der Waals surface area contributed by atoms with Crippen LogP contribution in [0.1, 0.15) is 51.7 Å². The number of hydrogen-bond acceptors (Lipinski definition) is 2. The predicted molar refractivity (Wildman–Crippen MR) is 78.5 cm³/mol. The van der Waals surface area contributed by atoms with Gasteiger partial charge in [-0.3, -0.25) is 0 Å². The Kier molecular flexibility index (Phi) is 3.76. The quantitative estimate of drug-likeness (QED) is 0.614. The van der Waals surface area contributed by atoms with Gasteiger partial charge in [-0.25, -0.2) is 4.39 Å². The van der Waals surface area contributed by atoms with Crippen molar-refractivity contribution in [1.29, 1.82) is 0 Å². The van der Waals surface area contributed by atoms with E-state index in [-0.39, 0.29) is 11.2 Å². The highest BCUT2D eigenvalue weighted by molar-refractivity contribution is 7.91. The molecule has 0 spiro atoms. The summed E-state index contributed by atoms with van der Waals surface area (Å²) in [6, 6.07) is 5.14. The molecule has 1 saturated carbocycles. The minimum atomic E-state index is -1.31. The molecule has 1 aliphatic carbocycles. The Hall–Kier alpha value is -0.870. The first-order chi connectivity index (χ1) is 8.72. The highest BCUT2D eigenvalue weighted by Gasteiger charge is 2.40. The maximum atomic E-state index is 14.0. The van der Waals surface area contributed by atoms with E-state index < -0.39 is 16.1 Å². The molecule has 0 saturated heterocycles. The van der Waals surface area contributed by atoms with Crippen LogP contribution in [0.5, 0.6) is 0 Å². The number of nitrogens with zero attached hydrogens (tertiary/aromatic N) is 1. The van der Waals surface area contributed by atoms with E-state index in [0.29, 0.717) is 5.56 Å². The van der Waals surface area contributed by atoms with Gasteiger partial charge in [0.15, 0.2) is 0 Å². The number of rotatable bonds is 3. The molecule has 0 aliphatic heterocycles. The van der Waals surface area contributed by atoms with Crippen LogP contribution in [-0.4, -0.2) is 15.5 Å². The van der Waals surface area contributed by atoms with E-state index in [4.69, 9.17) is 0 Å². The maximum Gasteiger partial charge on any atom is 0.144 e. The molecular weight excluding hydrogens is 261 g/mol. The number of hydrogen-bond donors (Lipinski definition) is 0. The van der Waals surface area contributed by atoms with Gasteiger partial charge in [0.05, 0.1) is 6.21 Å². The van der Waals surface area contributed by atoms with Gasteiger partial charge < -0.3 is 4.55 Å². The van der Waals surface area contributed by atoms with Gasteiger partial charge in [0.25, 0.3) is 0 Å². The first-order valence-corrected chi connectivity index (χ1v) is 7.59. The third-order valence-electron chi connectivity index (χ3n) is 3.46. The Bertz CT molecular complexity index is 503. The predicted octanol–water partition coefficient (Wildman–Crippen LogP) is 3.76. The van der Waals surface area contributed by atoms with Crippen molar-refractivity contribution in [1.82, 2.24) is 0 Å². The molecule has 0 aromatic heterocycles. The molecule has 2 rings (SSSR count). The van der Waals surface area contributed by atoms with E-state index in [1.165, 1.54) is 12.3 Å². The zero-order valence-corrected chi connectivity index (χ0v) is 12.7. The van der Waals surface area contributed by atoms with Crippen LogP contribution in [0, 0.1) is 5.82 Å². The van der Waals surface area contributed by atoms with Crippen LogP contribution in [0.15, 0.2) is 22.6 Å². The lowest BCUT2D eigenvalue weighted by Gasteiger charge is -2.17. The van der Waals surface area contributed by atoms with Crippen molar-refractivity contribution in [3.05, 3.63) is 35.1 Å². The fourth-order valence-electron chi connectivity index (χ4n) is 1.82. The summed E-state index contributed by atoms with van der Waals surface area (Å²) in [5, 5.41) is 0. The van der Waals surface area contributed by atoms with E-state index in [2.05, 4.69) is 11.3 Å². The van der Waals surface area contributed by atoms with Crippen molar-refractivity contribution in [3.8, 4) is 0 Å². The molecule has 19 heavy (non-hydrogen) atoms. The van der Waals surface area contributed by atoms with Gasteiger partial charge in [0.1, 0.15) is 21.9 Å². The van der Waals surface area contributed by atoms with Crippen LogP contribution in [0.25, 0.3) is 0 Å². The Morgan fingerprint density at radius 3 is 2.47 bits per heavy atom. The lowest BCUT2D eigenvalue weighted by molar-refractivity contribution is 0.561. The normalized spacial score (nSPS) is 19.7. The molecule has 1 atom stereocenters. The Labute approximate surface area is 117 Å². The van der Waals surface area contributed by atoms with Gasteiger partial charge in [-0.2, -0.15) is 0 Å². The number of halogens is 1. The molecular formula is C15H20FNOS. The summed E-state index contributed by atoms with van der Waals surface area (Å²) in [4.78, 5) is 0. The smallest absolute Gasteiger partial charge is 0.144 e. The first-order valence-electron chi connectivity index (χ1n) is 6.48. The molecule has 1 aromatic carbocycles. The minimum Gasteiger partial charge on any atom is -0.591 e. The van der Waals surface area contributed by atoms with E-state index in [1.54, 1.807) is 0 Å². The highest BCUT2D eigenvalue weighted by Crippen LogP contribution is 2.48. The van der Waals surface area contributed by atoms with Gasteiger partial charge in [0.2, 0.25) is 0 Å². The Balaban J connectivity index is 2.15. The van der Waals surface area contributed by atoms with Crippen LogP contribution in [0.2, 0.25) is 0 Å². The fraction of sp³-hybridized carbons (Fsp3) is 0.533. The van der Waals surface area contributed by atoms with Gasteiger partial charge in [0, 0.05) is 5.56 Å². The van der Waals surface area contributed by atoms with Crippen molar-refractivity contribution < 1.29 is 8.94 Å². The third kappa shape index (κ3) is 3.37. The standard InChI is InChI=1S/C15H20FNOS/c1-14(2,3)19(18)17-10-11-5-6-12(13(16)9-11)15(4)7-8-15/h5-6,9-10H,7-8H2,1-4H3/b17-10+. The molecule has 2 nitrogen and oxygen atoms in total. The average Bonchev–Trinajstić information content (AvgIpc) is 3.03. The second-order valence-corrected chi connectivity index (χ2v) is 8.33. The van der Waals surface area contributed by atoms with Crippen molar-refractivity contribution in [2.24, 2.45) is 4.40 Å². The van der Waals surface area contributed by atoms with Gasteiger partial charge in [-0.1, -0.05) is 23.5 Å². The van der Waals surface area contributed by atoms with Crippen LogP contribution in [0.3, 0.4) is 0 Å². The third-order valence-corrected chi connectivity index (χ3v) is 4.81. The first kappa shape index (κ1) is 14.5. The second kappa shape index (κ2) is 4.91. The summed E-state index contributed by atoms with van der Waals surface area (Å²) >= 11 is -1.31. The maximum absolute atomic E-state index is 14.0. The van der Waals surface area contributed by atoms with Crippen LogP contribution in [-0.2, 0) is 16.8 Å². The Morgan fingerprint density at radius 2 is 2.00 bits per heavy atom. The van der Waals surface area contributed by atoms with Crippen LogP contribution in [0.4, 0.5) is 4.39 Å². The number of benzene rings is 1. The lowest BCUT2D eigenvalue weighted by atomic mass is 9.97. The monoisotopic (exact) mass is 281 g/mol. The molecule has 4 heteroatoms. The highest BCUT2D eigenvalue weighted by atomic mass is 32.2. The summed E-state index contributed by atoms with van der Waals surface area (Å²) in [6.07, 6.45) is 3.58. The largest absolute Gasteiger partial charge is 0.591 e. The molecule has 0 N–H and O–H groups in total. The molecule has 0 heterocycles. The van der Waals surface area contributed by atoms with Gasteiger partial charge in [-0.15, -0.1) is 0 Å². The van der Waals surface area contributed by atoms with E-state index in [0.717, 1.165) is 18.4 Å². The Morgan fingerprint density at radius 1 is 1.37 bits per heavy atom. The summed E-state index contributed by atoms with van der Waals surface area (Å²) in [7, 11) is 0. The van der Waals surface area contributed by atoms with E-state index in [9.17, 15) is 8.94 Å². The van der Waals surface area contributed by atoms with E-state index in [1.807, 2.05) is 32.9 Å². The molecule has 104 valence electrons. The van der Waals surface area contributed by atoms with Crippen molar-refractivity contribution in [2.45, 2.75) is 50.7 Å². The molecule has 1 aromatic rings. The van der Waals surface area contributed by atoms with Crippen molar-refractivity contribution in [3.63, 3.8) is 0 Å². The van der Waals surface area contributed by atoms with Crippen molar-refractivity contribution >= 4 is 17.6 Å². The molecule has 1 fully saturated rings. The van der Waals surface area contributed by atoms with Crippen molar-refractivity contribution in [2.75, 3.05) is 0 Å². The van der Waals surface area contributed by atoms with Crippen LogP contribution < -0.4 is 0 Å². The fourth-order valence-corrected chi connectivity index (χ4v) is 2.36. The molecule has 0 amide bonds. The molecule has 0 radical (unpaired) electrons. The summed E-state index contributed by atoms with van der Waals surface area (Å²) in [5.74, 6) is -0.189. The summed E-state index contributed by atoms with van der Waals surface area (Å²) in [6.45, 7) is 7.65. The lowest BCUT2D eigenvalue weighted by Crippen LogP contribution is -2.25. The van der Waals surface area contributed by atoms with Crippen LogP contribution >= 0.6 is 0 Å². The van der Waals surface area contributed by atoms with Gasteiger partial charge >= 0.3 is 0 Å². The summed E-state index contributed by atoms with van der Waals surface area (Å²) < 4.78 is 29.4. The topological polar surface area (TPSA) is 35.4 Å². The van der Waals surface area contributed by atoms with E-state index >= 15 is 0 Å². The second-order valence-electron chi connectivity index (χ2n) is 6.40. The molecule has 1 aliphatic rings. The molecule has 1 unspecified atom stereocenters. The van der Waals surface area contributed by atoms with Gasteiger partial charge in [-0.05, 0) is 50.7 Å². The summed E-state index contributed by atoms with van der Waals surface area (Å²) in [5.41, 5.74) is 1.46. The zero-order chi connectivity index (χ0) is 14.3. The molecule has 0 bridgehead atoms. The SMILES string of the molecule is CC1(c2ccc(/C=N/[S+]([O-])C(C)(C)C)cc2F)CC1. The zero-order valence-electron chi connectivity index (χ0n) is 11.9.